The molecule has 0 aliphatic rings. The summed E-state index contributed by atoms with van der Waals surface area (Å²) in [5.41, 5.74) is 0.678. The molecular weight excluding hydrogens is 250 g/mol. The number of allylic oxidation sites excluding steroid dienone is 2. The van der Waals surface area contributed by atoms with Gasteiger partial charge in [-0.25, -0.2) is 0 Å². The van der Waals surface area contributed by atoms with E-state index in [2.05, 4.69) is 4.98 Å². The van der Waals surface area contributed by atoms with Crippen LogP contribution in [-0.4, -0.2) is 19.1 Å². The molecule has 17 heavy (non-hydrogen) atoms. The second-order valence-electron chi connectivity index (χ2n) is 4.47. The average Bonchev–Trinajstić information content (AvgIpc) is 2.30. The van der Waals surface area contributed by atoms with Crippen molar-refractivity contribution >= 4 is 25.7 Å². The topological polar surface area (TPSA) is 29.1 Å². The average molecular weight is 268 g/mol. The summed E-state index contributed by atoms with van der Waals surface area (Å²) in [7, 11) is -1.99. The highest BCUT2D eigenvalue weighted by Gasteiger charge is 2.31. The molecule has 0 bridgehead atoms. The molecule has 0 aliphatic heterocycles. The molecular formula is C13H18ClNOSi. The highest BCUT2D eigenvalue weighted by atomic mass is 35.5. The molecule has 0 heterocycles. The van der Waals surface area contributed by atoms with Crippen LogP contribution in [0.4, 0.5) is 0 Å². The van der Waals surface area contributed by atoms with Gasteiger partial charge in [-0.1, -0.05) is 43.4 Å². The summed E-state index contributed by atoms with van der Waals surface area (Å²) in [6.45, 7) is 6.02. The fraction of sp³-hybridized carbons (Fsp3) is 0.308. The Morgan fingerprint density at radius 2 is 1.94 bits per heavy atom. The minimum Gasteiger partial charge on any atom is -0.376 e. The maximum atomic E-state index is 12.0. The summed E-state index contributed by atoms with van der Waals surface area (Å²) < 4.78 is 0. The van der Waals surface area contributed by atoms with Crippen molar-refractivity contribution in [2.45, 2.75) is 25.0 Å². The fourth-order valence-electron chi connectivity index (χ4n) is 1.43. The Labute approximate surface area is 109 Å². The van der Waals surface area contributed by atoms with E-state index >= 15 is 0 Å². The third kappa shape index (κ3) is 4.02. The number of carbonyl (C=O) groups is 1. The molecule has 0 spiro atoms. The lowest BCUT2D eigenvalue weighted by molar-refractivity contribution is 0.0978. The molecule has 0 fully saturated rings. The van der Waals surface area contributed by atoms with E-state index in [4.69, 9.17) is 11.6 Å². The minimum absolute atomic E-state index is 0.0441. The van der Waals surface area contributed by atoms with Gasteiger partial charge < -0.3 is 4.98 Å². The Kier molecular flexibility index (Phi) is 4.96. The van der Waals surface area contributed by atoms with E-state index in [-0.39, 0.29) is 10.9 Å². The molecule has 0 saturated carbocycles. The monoisotopic (exact) mass is 267 g/mol. The summed E-state index contributed by atoms with van der Waals surface area (Å²) in [4.78, 5) is 15.1. The molecule has 0 aromatic heterocycles. The van der Waals surface area contributed by atoms with Crippen LogP contribution in [0.5, 0.6) is 0 Å². The van der Waals surface area contributed by atoms with Gasteiger partial charge in [-0.15, -0.1) is 11.6 Å². The molecule has 2 nitrogen and oxygen atoms in total. The second-order valence-corrected chi connectivity index (χ2v) is 9.62. The largest absolute Gasteiger partial charge is 0.376 e. The Morgan fingerprint density at radius 3 is 2.47 bits per heavy atom. The van der Waals surface area contributed by atoms with Crippen molar-refractivity contribution < 1.29 is 4.79 Å². The van der Waals surface area contributed by atoms with E-state index in [9.17, 15) is 4.79 Å². The van der Waals surface area contributed by atoms with E-state index in [0.717, 1.165) is 0 Å². The molecule has 1 aromatic rings. The molecule has 1 N–H and O–H groups in total. The number of halogens is 1. The summed E-state index contributed by atoms with van der Waals surface area (Å²) in [6, 6.07) is 9.21. The molecule has 4 heteroatoms. The quantitative estimate of drug-likeness (QED) is 0.506. The summed E-state index contributed by atoms with van der Waals surface area (Å²) in [5.74, 6) is -0.0441. The van der Waals surface area contributed by atoms with E-state index in [0.29, 0.717) is 5.56 Å². The first-order chi connectivity index (χ1) is 7.97. The van der Waals surface area contributed by atoms with Crippen LogP contribution in [0.3, 0.4) is 0 Å². The van der Waals surface area contributed by atoms with Gasteiger partial charge in [0.05, 0.1) is 5.00 Å². The lowest BCUT2D eigenvalue weighted by atomic mass is 10.2. The third-order valence-electron chi connectivity index (χ3n) is 2.52. The van der Waals surface area contributed by atoms with Gasteiger partial charge in [0.2, 0.25) is 5.91 Å². The zero-order valence-corrected chi connectivity index (χ0v) is 12.2. The third-order valence-corrected chi connectivity index (χ3v) is 6.75. The number of alkyl halides is 1. The first kappa shape index (κ1) is 14.0. The van der Waals surface area contributed by atoms with Gasteiger partial charge in [-0.2, -0.15) is 0 Å². The zero-order chi connectivity index (χ0) is 12.9. The number of hydrogen-bond acceptors (Lipinski definition) is 1. The van der Waals surface area contributed by atoms with E-state index < -0.39 is 8.24 Å². The molecule has 1 amide bonds. The Hall–Kier alpha value is -1.06. The van der Waals surface area contributed by atoms with Crippen molar-refractivity contribution in [2.75, 3.05) is 0 Å². The number of nitrogens with one attached hydrogen (secondary N) is 1. The van der Waals surface area contributed by atoms with Gasteiger partial charge in [0.25, 0.3) is 0 Å². The van der Waals surface area contributed by atoms with E-state index in [1.54, 1.807) is 12.1 Å². The Bertz CT molecular complexity index is 403. The molecule has 0 saturated heterocycles. The van der Waals surface area contributed by atoms with E-state index in [1.807, 2.05) is 50.4 Å². The van der Waals surface area contributed by atoms with Crippen molar-refractivity contribution in [2.24, 2.45) is 0 Å². The van der Waals surface area contributed by atoms with Crippen molar-refractivity contribution in [3.63, 3.8) is 0 Å². The highest BCUT2D eigenvalue weighted by molar-refractivity contribution is 6.85. The van der Waals surface area contributed by atoms with Crippen LogP contribution >= 0.6 is 11.6 Å². The van der Waals surface area contributed by atoms with Gasteiger partial charge in [-0.3, -0.25) is 4.79 Å². The lowest BCUT2D eigenvalue weighted by Crippen LogP contribution is -2.54. The lowest BCUT2D eigenvalue weighted by Gasteiger charge is -2.26. The fourth-order valence-corrected chi connectivity index (χ4v) is 3.28. The molecule has 0 radical (unpaired) electrons. The van der Waals surface area contributed by atoms with Crippen molar-refractivity contribution in [3.8, 4) is 0 Å². The Morgan fingerprint density at radius 1 is 1.35 bits per heavy atom. The normalized spacial score (nSPS) is 13.6. The number of benzene rings is 1. The molecule has 1 atom stereocenters. The predicted octanol–water partition coefficient (Wildman–Crippen LogP) is 3.34. The predicted molar refractivity (Wildman–Crippen MR) is 75.8 cm³/mol. The van der Waals surface area contributed by atoms with Gasteiger partial charge in [0.15, 0.2) is 8.24 Å². The molecule has 1 unspecified atom stereocenters. The maximum absolute atomic E-state index is 12.0. The van der Waals surface area contributed by atoms with Gasteiger partial charge in [-0.05, 0) is 19.1 Å². The highest BCUT2D eigenvalue weighted by Crippen LogP contribution is 2.14. The molecule has 1 rings (SSSR count). The van der Waals surface area contributed by atoms with Crippen LogP contribution in [0.25, 0.3) is 0 Å². The Balaban J connectivity index is 2.74. The van der Waals surface area contributed by atoms with Crippen LogP contribution in [0.1, 0.15) is 17.3 Å². The first-order valence-electron chi connectivity index (χ1n) is 5.62. The standard InChI is InChI=1S/C13H18ClNOSi/c1-4-8-12(14)17(2,3)15-13(16)11-9-6-5-7-10-11/h4-10,12H,1-3H3,(H,15,16)/b8-4-. The van der Waals surface area contributed by atoms with Crippen molar-refractivity contribution in [3.05, 3.63) is 48.0 Å². The molecule has 92 valence electrons. The van der Waals surface area contributed by atoms with Gasteiger partial charge in [0, 0.05) is 5.56 Å². The zero-order valence-electron chi connectivity index (χ0n) is 10.4. The molecule has 1 aromatic carbocycles. The van der Waals surface area contributed by atoms with Crippen LogP contribution in [0, 0.1) is 0 Å². The first-order valence-corrected chi connectivity index (χ1v) is 9.13. The molecule has 0 aliphatic carbocycles. The number of hydrogen-bond donors (Lipinski definition) is 1. The van der Waals surface area contributed by atoms with Crippen LogP contribution in [0.2, 0.25) is 13.1 Å². The van der Waals surface area contributed by atoms with Gasteiger partial charge in [0.1, 0.15) is 0 Å². The number of carbonyl (C=O) groups excluding carboxylic acids is 1. The summed E-state index contributed by atoms with van der Waals surface area (Å²) >= 11 is 6.26. The summed E-state index contributed by atoms with van der Waals surface area (Å²) in [6.07, 6.45) is 3.85. The van der Waals surface area contributed by atoms with Crippen LogP contribution in [0.15, 0.2) is 42.5 Å². The van der Waals surface area contributed by atoms with E-state index in [1.165, 1.54) is 0 Å². The smallest absolute Gasteiger partial charge is 0.243 e. The minimum atomic E-state index is -1.99. The SMILES string of the molecule is C/C=C\C(Cl)[Si](C)(C)NC(=O)c1ccccc1. The van der Waals surface area contributed by atoms with Crippen LogP contribution in [-0.2, 0) is 0 Å². The van der Waals surface area contributed by atoms with Crippen molar-refractivity contribution in [1.82, 2.24) is 4.98 Å². The van der Waals surface area contributed by atoms with Gasteiger partial charge >= 0.3 is 0 Å². The number of amides is 1. The van der Waals surface area contributed by atoms with Crippen molar-refractivity contribution in [1.29, 1.82) is 0 Å². The summed E-state index contributed by atoms with van der Waals surface area (Å²) in [5, 5.41) is -0.0971. The second kappa shape index (κ2) is 6.03. The number of rotatable bonds is 4. The maximum Gasteiger partial charge on any atom is 0.243 e. The van der Waals surface area contributed by atoms with Crippen LogP contribution < -0.4 is 4.98 Å².